The van der Waals surface area contributed by atoms with Gasteiger partial charge in [0.2, 0.25) is 0 Å². The van der Waals surface area contributed by atoms with Crippen LogP contribution in [0.15, 0.2) is 237 Å². The summed E-state index contributed by atoms with van der Waals surface area (Å²) >= 11 is 0. The molecule has 0 spiro atoms. The largest absolute Gasteiger partial charge is 0.310 e. The molecule has 0 amide bonds. The number of rotatable bonds is 6. The van der Waals surface area contributed by atoms with Gasteiger partial charge < -0.3 is 4.90 Å². The Morgan fingerprint density at radius 3 is 1.53 bits per heavy atom. The number of anilines is 3. The third-order valence-electron chi connectivity index (χ3n) is 15.2. The van der Waals surface area contributed by atoms with Crippen LogP contribution in [0.2, 0.25) is 0 Å². The number of benzene rings is 12. The summed E-state index contributed by atoms with van der Waals surface area (Å²) in [5.74, 6) is 0. The van der Waals surface area contributed by atoms with Crippen LogP contribution in [0.3, 0.4) is 0 Å². The van der Waals surface area contributed by atoms with Crippen molar-refractivity contribution in [2.24, 2.45) is 0 Å². The van der Waals surface area contributed by atoms with E-state index in [0.29, 0.717) is 0 Å². The van der Waals surface area contributed by atoms with Crippen LogP contribution >= 0.6 is 0 Å². The topological polar surface area (TPSA) is 3.24 Å². The molecule has 1 nitrogen and oxygen atoms in total. The maximum atomic E-state index is 2.54. The molecule has 0 aliphatic heterocycles. The summed E-state index contributed by atoms with van der Waals surface area (Å²) in [5.41, 5.74) is 21.2. The summed E-state index contributed by atoms with van der Waals surface area (Å²) in [6, 6.07) is 88.4. The Morgan fingerprint density at radius 2 is 0.794 bits per heavy atom. The van der Waals surface area contributed by atoms with Gasteiger partial charge in [-0.2, -0.15) is 0 Å². The van der Waals surface area contributed by atoms with Crippen LogP contribution in [0.4, 0.5) is 17.1 Å². The van der Waals surface area contributed by atoms with Crippen molar-refractivity contribution in [1.29, 1.82) is 0 Å². The van der Waals surface area contributed by atoms with E-state index < -0.39 is 0 Å². The summed E-state index contributed by atoms with van der Waals surface area (Å²) in [5, 5.41) is 10.0. The van der Waals surface area contributed by atoms with Crippen LogP contribution in [0.5, 0.6) is 0 Å². The van der Waals surface area contributed by atoms with E-state index in [-0.39, 0.29) is 5.41 Å². The molecule has 318 valence electrons. The third-order valence-corrected chi connectivity index (χ3v) is 15.2. The first-order valence-electron chi connectivity index (χ1n) is 23.8. The second kappa shape index (κ2) is 14.7. The molecule has 0 bridgehead atoms. The molecule has 0 aromatic heterocycles. The summed E-state index contributed by atoms with van der Waals surface area (Å²) in [6.45, 7) is 4.76. The van der Waals surface area contributed by atoms with E-state index in [9.17, 15) is 0 Å². The smallest absolute Gasteiger partial charge is 0.0540 e. The van der Waals surface area contributed by atoms with Gasteiger partial charge in [-0.3, -0.25) is 0 Å². The normalized spacial score (nSPS) is 13.0. The highest BCUT2D eigenvalue weighted by atomic mass is 15.1. The molecule has 0 fully saturated rings. The standard InChI is InChI=1S/C67H45N/c1-67(2)60-32-17-16-28-50(60)51-35-33-46(40-61(51)67)68(62-38-37-54-48-26-13-12-25-47(48)52-30-18-31-56(62)64(52)54)45-34-36-55-59(39-45)49-27-14-15-29-53(49)65-58(43-21-8-4-9-22-43)41-57(42-19-6-3-7-20-42)63(66(55)65)44-23-10-5-11-24-44/h3-41H,1-2H3. The predicted octanol–water partition coefficient (Wildman–Crippen LogP) is 18.7. The predicted molar refractivity (Wildman–Crippen MR) is 289 cm³/mol. The lowest BCUT2D eigenvalue weighted by Gasteiger charge is -2.30. The zero-order valence-corrected chi connectivity index (χ0v) is 38.0. The van der Waals surface area contributed by atoms with E-state index in [1.807, 2.05) is 0 Å². The molecular formula is C67H45N. The van der Waals surface area contributed by atoms with Crippen molar-refractivity contribution in [3.05, 3.63) is 248 Å². The Bertz CT molecular complexity index is 4000. The van der Waals surface area contributed by atoms with Crippen LogP contribution in [0.1, 0.15) is 25.0 Å². The van der Waals surface area contributed by atoms with Crippen LogP contribution in [0.25, 0.3) is 110 Å². The molecule has 68 heavy (non-hydrogen) atoms. The third kappa shape index (κ3) is 5.57. The number of fused-ring (bicyclic) bond motifs is 12. The van der Waals surface area contributed by atoms with Gasteiger partial charge in [0.1, 0.15) is 0 Å². The van der Waals surface area contributed by atoms with Crippen molar-refractivity contribution in [2.45, 2.75) is 19.3 Å². The lowest BCUT2D eigenvalue weighted by Crippen LogP contribution is -2.16. The number of hydrogen-bond donors (Lipinski definition) is 0. The monoisotopic (exact) mass is 863 g/mol. The van der Waals surface area contributed by atoms with Crippen LogP contribution in [-0.4, -0.2) is 0 Å². The Kier molecular flexibility index (Phi) is 8.40. The van der Waals surface area contributed by atoms with Gasteiger partial charge in [0.25, 0.3) is 0 Å². The average Bonchev–Trinajstić information content (AvgIpc) is 3.85. The molecule has 1 heteroatoms. The Balaban J connectivity index is 1.10. The molecule has 2 aliphatic rings. The molecule has 0 atom stereocenters. The first-order valence-corrected chi connectivity index (χ1v) is 23.8. The minimum atomic E-state index is -0.156. The fraction of sp³-hybridized carbons (Fsp3) is 0.0448. The van der Waals surface area contributed by atoms with E-state index in [1.54, 1.807) is 0 Å². The van der Waals surface area contributed by atoms with E-state index in [0.717, 1.165) is 11.4 Å². The van der Waals surface area contributed by atoms with E-state index >= 15 is 0 Å². The Labute approximate surface area is 396 Å². The van der Waals surface area contributed by atoms with Crippen molar-refractivity contribution in [1.82, 2.24) is 0 Å². The van der Waals surface area contributed by atoms with Gasteiger partial charge >= 0.3 is 0 Å². The van der Waals surface area contributed by atoms with Crippen molar-refractivity contribution >= 4 is 60.2 Å². The Morgan fingerprint density at radius 1 is 0.279 bits per heavy atom. The zero-order valence-electron chi connectivity index (χ0n) is 38.0. The molecule has 0 saturated carbocycles. The highest BCUT2D eigenvalue weighted by molar-refractivity contribution is 6.33. The van der Waals surface area contributed by atoms with Gasteiger partial charge in [0.15, 0.2) is 0 Å². The maximum Gasteiger partial charge on any atom is 0.0540 e. The van der Waals surface area contributed by atoms with Crippen LogP contribution in [-0.2, 0) is 5.41 Å². The average molecular weight is 864 g/mol. The van der Waals surface area contributed by atoms with Crippen LogP contribution in [0, 0.1) is 0 Å². The molecule has 0 N–H and O–H groups in total. The van der Waals surface area contributed by atoms with Crippen molar-refractivity contribution in [3.8, 4) is 66.8 Å². The first-order chi connectivity index (χ1) is 33.5. The van der Waals surface area contributed by atoms with E-state index in [2.05, 4.69) is 255 Å². The molecule has 14 rings (SSSR count). The van der Waals surface area contributed by atoms with Crippen LogP contribution < -0.4 is 4.90 Å². The fourth-order valence-corrected chi connectivity index (χ4v) is 12.1. The highest BCUT2D eigenvalue weighted by Gasteiger charge is 2.36. The maximum absolute atomic E-state index is 2.54. The highest BCUT2D eigenvalue weighted by Crippen LogP contribution is 2.55. The summed E-state index contributed by atoms with van der Waals surface area (Å²) < 4.78 is 0. The summed E-state index contributed by atoms with van der Waals surface area (Å²) in [6.07, 6.45) is 0. The second-order valence-corrected chi connectivity index (χ2v) is 19.1. The van der Waals surface area contributed by atoms with E-state index in [4.69, 9.17) is 0 Å². The van der Waals surface area contributed by atoms with E-state index in [1.165, 1.54) is 127 Å². The molecule has 12 aromatic carbocycles. The van der Waals surface area contributed by atoms with Crippen molar-refractivity contribution in [3.63, 3.8) is 0 Å². The first kappa shape index (κ1) is 38.7. The molecule has 0 saturated heterocycles. The Hall–Kier alpha value is -8.52. The molecule has 0 radical (unpaired) electrons. The number of nitrogens with zero attached hydrogens (tertiary/aromatic N) is 1. The molecular weight excluding hydrogens is 819 g/mol. The second-order valence-electron chi connectivity index (χ2n) is 19.1. The molecule has 12 aromatic rings. The van der Waals surface area contributed by atoms with Gasteiger partial charge in [0, 0.05) is 22.2 Å². The van der Waals surface area contributed by atoms with Crippen molar-refractivity contribution in [2.75, 3.05) is 4.90 Å². The minimum absolute atomic E-state index is 0.156. The van der Waals surface area contributed by atoms with Crippen molar-refractivity contribution < 1.29 is 0 Å². The summed E-state index contributed by atoms with van der Waals surface area (Å²) in [7, 11) is 0. The van der Waals surface area contributed by atoms with Gasteiger partial charge in [-0.25, -0.2) is 0 Å². The van der Waals surface area contributed by atoms with Gasteiger partial charge in [-0.15, -0.1) is 0 Å². The van der Waals surface area contributed by atoms with Gasteiger partial charge in [-0.1, -0.05) is 214 Å². The SMILES string of the molecule is CC1(C)c2ccccc2-c2ccc(N(c3ccc4c(c3)c3ccccc3c3c(-c5ccccc5)cc(-c5ccccc5)c(-c5ccccc5)c43)c3ccc4c5c(cccc35)-c3ccccc3-4)cc21. The lowest BCUT2D eigenvalue weighted by atomic mass is 9.81. The van der Waals surface area contributed by atoms with Gasteiger partial charge in [0.05, 0.1) is 5.69 Å². The summed E-state index contributed by atoms with van der Waals surface area (Å²) in [4.78, 5) is 2.54. The van der Waals surface area contributed by atoms with Gasteiger partial charge in [-0.05, 0) is 152 Å². The number of hydrogen-bond acceptors (Lipinski definition) is 1. The minimum Gasteiger partial charge on any atom is -0.310 e. The lowest BCUT2D eigenvalue weighted by molar-refractivity contribution is 0.660. The molecule has 2 aliphatic carbocycles. The fourth-order valence-electron chi connectivity index (χ4n) is 12.1. The quantitative estimate of drug-likeness (QED) is 0.151. The zero-order chi connectivity index (χ0) is 45.1. The molecule has 0 unspecified atom stereocenters. The molecule has 0 heterocycles.